The van der Waals surface area contributed by atoms with E-state index in [1.165, 1.54) is 6.07 Å². The lowest BCUT2D eigenvalue weighted by atomic mass is 10.1. The van der Waals surface area contributed by atoms with Crippen LogP contribution in [-0.4, -0.2) is 28.6 Å². The largest absolute Gasteiger partial charge is 0.480 e. The van der Waals surface area contributed by atoms with Gasteiger partial charge in [0.2, 0.25) is 0 Å². The summed E-state index contributed by atoms with van der Waals surface area (Å²) in [4.78, 5) is 22.6. The monoisotopic (exact) mass is 282 g/mol. The Kier molecular flexibility index (Phi) is 4.16. The van der Waals surface area contributed by atoms with Crippen molar-refractivity contribution in [3.8, 4) is 0 Å². The summed E-state index contributed by atoms with van der Waals surface area (Å²) in [6.45, 7) is -0.286. The van der Waals surface area contributed by atoms with Crippen molar-refractivity contribution < 1.29 is 19.2 Å². The van der Waals surface area contributed by atoms with Gasteiger partial charge >= 0.3 is 5.97 Å². The van der Waals surface area contributed by atoms with E-state index >= 15 is 0 Å². The molecular weight excluding hydrogens is 267 g/mol. The van der Waals surface area contributed by atoms with Crippen LogP contribution in [0.3, 0.4) is 0 Å². The molecule has 1 N–H and O–H groups in total. The number of nitro groups is 1. The maximum absolute atomic E-state index is 13.5. The average Bonchev–Trinajstić information content (AvgIpc) is 2.88. The van der Waals surface area contributed by atoms with Gasteiger partial charge in [-0.3, -0.25) is 14.9 Å². The second-order valence-electron chi connectivity index (χ2n) is 4.88. The van der Waals surface area contributed by atoms with Crippen LogP contribution in [0.1, 0.15) is 25.7 Å². The maximum Gasteiger partial charge on any atom is 0.323 e. The highest BCUT2D eigenvalue weighted by Crippen LogP contribution is 2.30. The fraction of sp³-hybridized carbons (Fsp3) is 0.462. The molecular formula is C13H15FN2O4. The number of carbonyl (C=O) groups is 1. The van der Waals surface area contributed by atoms with E-state index in [1.54, 1.807) is 4.90 Å². The predicted molar refractivity (Wildman–Crippen MR) is 70.3 cm³/mol. The molecule has 0 saturated heterocycles. The molecule has 0 amide bonds. The number of non-ortho nitro benzene ring substituents is 1. The summed E-state index contributed by atoms with van der Waals surface area (Å²) in [5.41, 5.74) is -0.112. The molecule has 108 valence electrons. The van der Waals surface area contributed by atoms with Crippen LogP contribution < -0.4 is 4.90 Å². The maximum atomic E-state index is 13.5. The van der Waals surface area contributed by atoms with Gasteiger partial charge in [-0.05, 0) is 18.9 Å². The first kappa shape index (κ1) is 14.2. The summed E-state index contributed by atoms with van der Waals surface area (Å²) in [6.07, 6.45) is 3.60. The first-order chi connectivity index (χ1) is 9.47. The summed E-state index contributed by atoms with van der Waals surface area (Å²) in [5, 5.41) is 19.8. The van der Waals surface area contributed by atoms with Crippen LogP contribution in [0, 0.1) is 15.9 Å². The zero-order valence-corrected chi connectivity index (χ0v) is 10.8. The van der Waals surface area contributed by atoms with E-state index in [9.17, 15) is 19.3 Å². The Hall–Kier alpha value is -2.18. The van der Waals surface area contributed by atoms with E-state index in [0.29, 0.717) is 0 Å². The molecule has 20 heavy (non-hydrogen) atoms. The smallest absolute Gasteiger partial charge is 0.323 e. The third-order valence-corrected chi connectivity index (χ3v) is 3.48. The average molecular weight is 282 g/mol. The Bertz CT molecular complexity index is 529. The molecule has 0 aliphatic heterocycles. The minimum Gasteiger partial charge on any atom is -0.480 e. The van der Waals surface area contributed by atoms with Crippen molar-refractivity contribution in [2.24, 2.45) is 0 Å². The van der Waals surface area contributed by atoms with E-state index < -0.39 is 16.7 Å². The highest BCUT2D eigenvalue weighted by molar-refractivity contribution is 5.74. The number of nitrogens with zero attached hydrogens (tertiary/aromatic N) is 2. The lowest BCUT2D eigenvalue weighted by molar-refractivity contribution is -0.385. The number of carboxylic acid groups (broad SMARTS) is 1. The fourth-order valence-electron chi connectivity index (χ4n) is 2.62. The van der Waals surface area contributed by atoms with Crippen molar-refractivity contribution in [3.63, 3.8) is 0 Å². The van der Waals surface area contributed by atoms with E-state index in [1.807, 2.05) is 0 Å². The van der Waals surface area contributed by atoms with E-state index in [4.69, 9.17) is 5.11 Å². The Morgan fingerprint density at radius 1 is 1.40 bits per heavy atom. The number of anilines is 1. The normalized spacial score (nSPS) is 15.2. The van der Waals surface area contributed by atoms with Gasteiger partial charge in [-0.1, -0.05) is 12.8 Å². The molecule has 0 heterocycles. The van der Waals surface area contributed by atoms with Gasteiger partial charge in [0.25, 0.3) is 5.69 Å². The van der Waals surface area contributed by atoms with Gasteiger partial charge in [-0.15, -0.1) is 0 Å². The van der Waals surface area contributed by atoms with Gasteiger partial charge in [0.15, 0.2) is 0 Å². The highest BCUT2D eigenvalue weighted by atomic mass is 19.1. The zero-order chi connectivity index (χ0) is 14.7. The molecule has 1 aromatic rings. The first-order valence-corrected chi connectivity index (χ1v) is 6.41. The number of rotatable bonds is 5. The molecule has 1 aliphatic rings. The molecule has 0 bridgehead atoms. The van der Waals surface area contributed by atoms with Crippen LogP contribution in [0.15, 0.2) is 18.2 Å². The summed E-state index contributed by atoms with van der Waals surface area (Å²) < 4.78 is 13.5. The minimum absolute atomic E-state index is 0.00694. The molecule has 1 aromatic carbocycles. The van der Waals surface area contributed by atoms with Crippen molar-refractivity contribution in [3.05, 3.63) is 34.1 Å². The lowest BCUT2D eigenvalue weighted by Crippen LogP contribution is -2.37. The van der Waals surface area contributed by atoms with Crippen molar-refractivity contribution in [1.82, 2.24) is 0 Å². The van der Waals surface area contributed by atoms with E-state index in [2.05, 4.69) is 0 Å². The van der Waals surface area contributed by atoms with Gasteiger partial charge in [0.05, 0.1) is 11.0 Å². The SMILES string of the molecule is O=C(O)CN(c1cc(F)cc([N+](=O)[O-])c1)C1CCCC1. The second kappa shape index (κ2) is 5.85. The summed E-state index contributed by atoms with van der Waals surface area (Å²) in [6, 6.07) is 3.20. The number of benzene rings is 1. The van der Waals surface area contributed by atoms with Crippen LogP contribution >= 0.6 is 0 Å². The Balaban J connectivity index is 2.36. The number of halogens is 1. The van der Waals surface area contributed by atoms with Gasteiger partial charge in [-0.25, -0.2) is 4.39 Å². The van der Waals surface area contributed by atoms with Crippen LogP contribution in [0.2, 0.25) is 0 Å². The highest BCUT2D eigenvalue weighted by Gasteiger charge is 2.26. The molecule has 6 nitrogen and oxygen atoms in total. The summed E-state index contributed by atoms with van der Waals surface area (Å²) in [7, 11) is 0. The molecule has 1 saturated carbocycles. The quantitative estimate of drug-likeness (QED) is 0.662. The Labute approximate surface area is 115 Å². The standard InChI is InChI=1S/C13H15FN2O4/c14-9-5-11(7-12(6-9)16(19)20)15(8-13(17)18)10-3-1-2-4-10/h5-7,10H,1-4,8H2,(H,17,18). The lowest BCUT2D eigenvalue weighted by Gasteiger charge is -2.29. The van der Waals surface area contributed by atoms with E-state index in [0.717, 1.165) is 37.8 Å². The summed E-state index contributed by atoms with van der Waals surface area (Å²) in [5.74, 6) is -1.77. The van der Waals surface area contributed by atoms with Crippen molar-refractivity contribution in [1.29, 1.82) is 0 Å². The Morgan fingerprint density at radius 3 is 2.60 bits per heavy atom. The fourth-order valence-corrected chi connectivity index (χ4v) is 2.62. The van der Waals surface area contributed by atoms with Crippen molar-refractivity contribution in [2.45, 2.75) is 31.7 Å². The van der Waals surface area contributed by atoms with Crippen LogP contribution in [-0.2, 0) is 4.79 Å². The van der Waals surface area contributed by atoms with E-state index in [-0.39, 0.29) is 24.0 Å². The molecule has 0 unspecified atom stereocenters. The molecule has 1 fully saturated rings. The number of hydrogen-bond acceptors (Lipinski definition) is 4. The number of carboxylic acids is 1. The molecule has 2 rings (SSSR count). The van der Waals surface area contributed by atoms with Crippen molar-refractivity contribution >= 4 is 17.3 Å². The van der Waals surface area contributed by atoms with Gasteiger partial charge in [0.1, 0.15) is 12.4 Å². The third kappa shape index (κ3) is 3.23. The number of nitro benzene ring substituents is 1. The molecule has 0 radical (unpaired) electrons. The number of aliphatic carboxylic acids is 1. The second-order valence-corrected chi connectivity index (χ2v) is 4.88. The molecule has 0 spiro atoms. The zero-order valence-electron chi connectivity index (χ0n) is 10.8. The first-order valence-electron chi connectivity index (χ1n) is 6.41. The van der Waals surface area contributed by atoms with Gasteiger partial charge in [-0.2, -0.15) is 0 Å². The molecule has 1 aliphatic carbocycles. The number of hydrogen-bond donors (Lipinski definition) is 1. The Morgan fingerprint density at radius 2 is 2.05 bits per heavy atom. The third-order valence-electron chi connectivity index (χ3n) is 3.48. The van der Waals surface area contributed by atoms with Gasteiger partial charge in [0, 0.05) is 17.8 Å². The summed E-state index contributed by atoms with van der Waals surface area (Å²) >= 11 is 0. The minimum atomic E-state index is -1.04. The van der Waals surface area contributed by atoms with Crippen LogP contribution in [0.5, 0.6) is 0 Å². The van der Waals surface area contributed by atoms with Crippen LogP contribution in [0.4, 0.5) is 15.8 Å². The molecule has 0 atom stereocenters. The van der Waals surface area contributed by atoms with Crippen molar-refractivity contribution in [2.75, 3.05) is 11.4 Å². The predicted octanol–water partition coefficient (Wildman–Crippen LogP) is 2.57. The molecule has 0 aromatic heterocycles. The van der Waals surface area contributed by atoms with Gasteiger partial charge < -0.3 is 10.0 Å². The van der Waals surface area contributed by atoms with Crippen LogP contribution in [0.25, 0.3) is 0 Å². The molecule has 7 heteroatoms. The topological polar surface area (TPSA) is 83.7 Å².